The van der Waals surface area contributed by atoms with E-state index in [0.717, 1.165) is 0 Å². The normalized spacial score (nSPS) is 12.5. The fourth-order valence-corrected chi connectivity index (χ4v) is 2.80. The molecule has 100 valence electrons. The predicted octanol–water partition coefficient (Wildman–Crippen LogP) is 4.74. The summed E-state index contributed by atoms with van der Waals surface area (Å²) in [6.07, 6.45) is 0. The monoisotopic (exact) mass is 345 g/mol. The smallest absolute Gasteiger partial charge is 0.134 e. The Kier molecular flexibility index (Phi) is 4.23. The van der Waals surface area contributed by atoms with Crippen molar-refractivity contribution in [3.8, 4) is 0 Å². The molecule has 0 amide bonds. The Morgan fingerprint density at radius 2 is 1.89 bits per heavy atom. The molecule has 0 spiro atoms. The SMILES string of the molecule is Cc1ccc(F)c(C(N)c2ccc(Cl)cc2Br)c1F. The minimum atomic E-state index is -0.897. The van der Waals surface area contributed by atoms with Crippen LogP contribution in [0.2, 0.25) is 5.02 Å². The Hall–Kier alpha value is -0.970. The van der Waals surface area contributed by atoms with E-state index in [2.05, 4.69) is 15.9 Å². The number of hydrogen-bond acceptors (Lipinski definition) is 1. The van der Waals surface area contributed by atoms with Crippen LogP contribution in [0.1, 0.15) is 22.7 Å². The molecule has 5 heteroatoms. The lowest BCUT2D eigenvalue weighted by molar-refractivity contribution is 0.538. The van der Waals surface area contributed by atoms with E-state index in [4.69, 9.17) is 17.3 Å². The van der Waals surface area contributed by atoms with E-state index >= 15 is 0 Å². The van der Waals surface area contributed by atoms with Crippen LogP contribution in [-0.2, 0) is 0 Å². The van der Waals surface area contributed by atoms with E-state index in [-0.39, 0.29) is 5.56 Å². The topological polar surface area (TPSA) is 26.0 Å². The molecule has 0 saturated carbocycles. The lowest BCUT2D eigenvalue weighted by Gasteiger charge is -2.17. The highest BCUT2D eigenvalue weighted by molar-refractivity contribution is 9.10. The van der Waals surface area contributed by atoms with Crippen molar-refractivity contribution in [1.29, 1.82) is 0 Å². The Morgan fingerprint density at radius 1 is 1.21 bits per heavy atom. The molecule has 1 nitrogen and oxygen atoms in total. The van der Waals surface area contributed by atoms with Crippen molar-refractivity contribution in [3.05, 3.63) is 68.2 Å². The molecule has 1 atom stereocenters. The van der Waals surface area contributed by atoms with Gasteiger partial charge in [-0.2, -0.15) is 0 Å². The van der Waals surface area contributed by atoms with Crippen LogP contribution < -0.4 is 5.73 Å². The largest absolute Gasteiger partial charge is 0.320 e. The molecule has 0 radical (unpaired) electrons. The molecule has 0 bridgehead atoms. The molecular formula is C14H11BrClF2N. The first-order valence-corrected chi connectivity index (χ1v) is 6.74. The first-order chi connectivity index (χ1) is 8.91. The molecule has 0 aliphatic carbocycles. The van der Waals surface area contributed by atoms with Gasteiger partial charge in [-0.3, -0.25) is 0 Å². The molecule has 19 heavy (non-hydrogen) atoms. The third-order valence-electron chi connectivity index (χ3n) is 2.93. The average molecular weight is 347 g/mol. The van der Waals surface area contributed by atoms with Gasteiger partial charge in [0.15, 0.2) is 0 Å². The van der Waals surface area contributed by atoms with Crippen molar-refractivity contribution in [2.24, 2.45) is 5.73 Å². The van der Waals surface area contributed by atoms with Gasteiger partial charge in [-0.1, -0.05) is 39.7 Å². The Labute approximate surface area is 123 Å². The van der Waals surface area contributed by atoms with Gasteiger partial charge in [0.05, 0.1) is 6.04 Å². The zero-order valence-electron chi connectivity index (χ0n) is 10.1. The van der Waals surface area contributed by atoms with E-state index in [1.54, 1.807) is 25.1 Å². The van der Waals surface area contributed by atoms with Crippen molar-refractivity contribution in [2.75, 3.05) is 0 Å². The van der Waals surface area contributed by atoms with Crippen LogP contribution in [-0.4, -0.2) is 0 Å². The number of halogens is 4. The van der Waals surface area contributed by atoms with Crippen molar-refractivity contribution >= 4 is 27.5 Å². The van der Waals surface area contributed by atoms with Crippen LogP contribution >= 0.6 is 27.5 Å². The summed E-state index contributed by atoms with van der Waals surface area (Å²) in [6.45, 7) is 1.57. The first kappa shape index (κ1) is 14.4. The van der Waals surface area contributed by atoms with Gasteiger partial charge in [-0.25, -0.2) is 8.78 Å². The van der Waals surface area contributed by atoms with Crippen LogP contribution in [0.25, 0.3) is 0 Å². The number of nitrogens with two attached hydrogens (primary N) is 1. The molecule has 2 aromatic rings. The fraction of sp³-hybridized carbons (Fsp3) is 0.143. The van der Waals surface area contributed by atoms with Crippen LogP contribution in [0.5, 0.6) is 0 Å². The van der Waals surface area contributed by atoms with Gasteiger partial charge in [-0.15, -0.1) is 0 Å². The number of benzene rings is 2. The van der Waals surface area contributed by atoms with Crippen LogP contribution in [0.15, 0.2) is 34.8 Å². The first-order valence-electron chi connectivity index (χ1n) is 5.57. The third-order valence-corrected chi connectivity index (χ3v) is 3.85. The maximum Gasteiger partial charge on any atom is 0.134 e. The minimum absolute atomic E-state index is 0.136. The molecule has 2 N–H and O–H groups in total. The predicted molar refractivity (Wildman–Crippen MR) is 76.3 cm³/mol. The van der Waals surface area contributed by atoms with Crippen molar-refractivity contribution in [3.63, 3.8) is 0 Å². The average Bonchev–Trinajstić information content (AvgIpc) is 2.34. The lowest BCUT2D eigenvalue weighted by atomic mass is 9.97. The zero-order chi connectivity index (χ0) is 14.2. The molecule has 0 heterocycles. The fourth-order valence-electron chi connectivity index (χ4n) is 1.87. The second-order valence-corrected chi connectivity index (χ2v) is 5.53. The van der Waals surface area contributed by atoms with Crippen molar-refractivity contribution in [2.45, 2.75) is 13.0 Å². The molecule has 0 aromatic heterocycles. The van der Waals surface area contributed by atoms with Gasteiger partial charge in [0.1, 0.15) is 11.6 Å². The highest BCUT2D eigenvalue weighted by Gasteiger charge is 2.21. The number of aryl methyl sites for hydroxylation is 1. The van der Waals surface area contributed by atoms with Gasteiger partial charge in [0.2, 0.25) is 0 Å². The molecular weight excluding hydrogens is 336 g/mol. The highest BCUT2D eigenvalue weighted by Crippen LogP contribution is 2.32. The summed E-state index contributed by atoms with van der Waals surface area (Å²) in [6, 6.07) is 6.63. The van der Waals surface area contributed by atoms with E-state index in [9.17, 15) is 8.78 Å². The molecule has 0 saturated heterocycles. The second kappa shape index (κ2) is 5.57. The molecule has 0 aliphatic rings. The third kappa shape index (κ3) is 2.81. The summed E-state index contributed by atoms with van der Waals surface area (Å²) in [4.78, 5) is 0. The molecule has 0 aliphatic heterocycles. The standard InChI is InChI=1S/C14H11BrClF2N/c1-7-2-5-11(17)12(13(7)18)14(19)9-4-3-8(16)6-10(9)15/h2-6,14H,19H2,1H3. The van der Waals surface area contributed by atoms with Crippen LogP contribution in [0, 0.1) is 18.6 Å². The van der Waals surface area contributed by atoms with E-state index in [0.29, 0.717) is 20.6 Å². The molecule has 0 fully saturated rings. The second-order valence-electron chi connectivity index (χ2n) is 4.24. The van der Waals surface area contributed by atoms with Crippen LogP contribution in [0.4, 0.5) is 8.78 Å². The highest BCUT2D eigenvalue weighted by atomic mass is 79.9. The Bertz CT molecular complexity index is 631. The minimum Gasteiger partial charge on any atom is -0.320 e. The molecule has 2 rings (SSSR count). The Morgan fingerprint density at radius 3 is 2.53 bits per heavy atom. The summed E-state index contributed by atoms with van der Waals surface area (Å²) in [7, 11) is 0. The molecule has 2 aromatic carbocycles. The lowest BCUT2D eigenvalue weighted by Crippen LogP contribution is -2.17. The maximum atomic E-state index is 14.0. The summed E-state index contributed by atoms with van der Waals surface area (Å²) in [5.41, 5.74) is 6.78. The summed E-state index contributed by atoms with van der Waals surface area (Å²) in [5, 5.41) is 0.521. The van der Waals surface area contributed by atoms with E-state index < -0.39 is 17.7 Å². The maximum absolute atomic E-state index is 14.0. The molecule has 1 unspecified atom stereocenters. The van der Waals surface area contributed by atoms with Crippen molar-refractivity contribution < 1.29 is 8.78 Å². The summed E-state index contributed by atoms with van der Waals surface area (Å²) >= 11 is 9.14. The number of hydrogen-bond donors (Lipinski definition) is 1. The summed E-state index contributed by atoms with van der Waals surface area (Å²) < 4.78 is 28.5. The Balaban J connectivity index is 2.56. The van der Waals surface area contributed by atoms with Gasteiger partial charge in [0, 0.05) is 15.1 Å². The van der Waals surface area contributed by atoms with Gasteiger partial charge in [-0.05, 0) is 36.2 Å². The van der Waals surface area contributed by atoms with Crippen molar-refractivity contribution in [1.82, 2.24) is 0 Å². The summed E-state index contributed by atoms with van der Waals surface area (Å²) in [5.74, 6) is -1.27. The van der Waals surface area contributed by atoms with E-state index in [1.807, 2.05) is 0 Å². The number of rotatable bonds is 2. The van der Waals surface area contributed by atoms with Crippen LogP contribution in [0.3, 0.4) is 0 Å². The van der Waals surface area contributed by atoms with E-state index in [1.165, 1.54) is 12.1 Å². The van der Waals surface area contributed by atoms with Gasteiger partial charge in [0.25, 0.3) is 0 Å². The quantitative estimate of drug-likeness (QED) is 0.835. The van der Waals surface area contributed by atoms with Gasteiger partial charge < -0.3 is 5.73 Å². The zero-order valence-corrected chi connectivity index (χ0v) is 12.4. The van der Waals surface area contributed by atoms with Gasteiger partial charge >= 0.3 is 0 Å².